The summed E-state index contributed by atoms with van der Waals surface area (Å²) in [5, 5.41) is 0.687. The number of hydrogen-bond donors (Lipinski definition) is 0. The molecule has 3 aromatic rings. The summed E-state index contributed by atoms with van der Waals surface area (Å²) in [6.07, 6.45) is 3.47. The van der Waals surface area contributed by atoms with Gasteiger partial charge in [-0.05, 0) is 56.0 Å². The van der Waals surface area contributed by atoms with Crippen LogP contribution in [0.15, 0.2) is 54.9 Å². The van der Waals surface area contributed by atoms with Crippen molar-refractivity contribution in [2.75, 3.05) is 11.4 Å². The molecular weight excluding hydrogens is 456 g/mol. The van der Waals surface area contributed by atoms with E-state index in [4.69, 9.17) is 9.15 Å². The van der Waals surface area contributed by atoms with E-state index in [1.54, 1.807) is 12.1 Å². The monoisotopic (exact) mass is 480 g/mol. The number of esters is 1. The number of rotatable bonds is 3. The Bertz CT molecular complexity index is 1520. The van der Waals surface area contributed by atoms with Crippen LogP contribution in [0.5, 0.6) is 0 Å². The first kappa shape index (κ1) is 22.3. The van der Waals surface area contributed by atoms with Crippen molar-refractivity contribution in [1.82, 2.24) is 0 Å². The molecule has 5 rings (SSSR count). The minimum Gasteiger partial charge on any atom is -0.457 e. The molecule has 0 radical (unpaired) electrons. The molecule has 2 aliphatic heterocycles. The molecule has 176 valence electrons. The van der Waals surface area contributed by atoms with E-state index < -0.39 is 21.6 Å². The number of hydrogen-bond acceptors (Lipinski definition) is 7. The van der Waals surface area contributed by atoms with Gasteiger partial charge in [-0.15, -0.1) is 4.40 Å². The Labute approximate surface area is 196 Å². The second-order valence-electron chi connectivity index (χ2n) is 8.68. The summed E-state index contributed by atoms with van der Waals surface area (Å²) in [6.45, 7) is 4.32. The van der Waals surface area contributed by atoms with Crippen molar-refractivity contribution in [2.24, 2.45) is 4.40 Å². The van der Waals surface area contributed by atoms with E-state index >= 15 is 0 Å². The highest BCUT2D eigenvalue weighted by molar-refractivity contribution is 7.90. The van der Waals surface area contributed by atoms with Crippen LogP contribution in [-0.2, 0) is 21.4 Å². The van der Waals surface area contributed by atoms with E-state index in [1.165, 1.54) is 12.1 Å². The number of aryl methyl sites for hydroxylation is 2. The molecule has 1 fully saturated rings. The van der Waals surface area contributed by atoms with Crippen LogP contribution in [0.3, 0.4) is 0 Å². The lowest BCUT2D eigenvalue weighted by molar-refractivity contribution is 0.0473. The molecule has 2 aliphatic rings. The van der Waals surface area contributed by atoms with E-state index in [0.29, 0.717) is 41.0 Å². The molecule has 0 N–H and O–H groups in total. The number of ether oxygens (including phenoxy) is 1. The van der Waals surface area contributed by atoms with Gasteiger partial charge in [0.1, 0.15) is 22.9 Å². The fourth-order valence-electron chi connectivity index (χ4n) is 4.48. The molecule has 2 aromatic carbocycles. The fraction of sp³-hybridized carbons (Fsp3) is 0.320. The third-order valence-corrected chi connectivity index (χ3v) is 7.79. The number of nitrogens with zero attached hydrogens (tertiary/aromatic N) is 2. The van der Waals surface area contributed by atoms with Crippen molar-refractivity contribution < 1.29 is 22.4 Å². The maximum atomic E-state index is 12.8. The maximum absolute atomic E-state index is 12.8. The Hall–Kier alpha value is -3.46. The highest BCUT2D eigenvalue weighted by Gasteiger charge is 2.32. The first-order valence-corrected chi connectivity index (χ1v) is 12.6. The SMILES string of the molecule is Cc1ccc2c(COC(=O)c3ccc4c(c3)S(=O)(=O)N=C3CCCCCN34)cc(=O)oc2c1C. The Kier molecular flexibility index (Phi) is 5.51. The number of benzene rings is 2. The van der Waals surface area contributed by atoms with Crippen molar-refractivity contribution in [2.45, 2.75) is 51.0 Å². The Balaban J connectivity index is 1.44. The standard InChI is InChI=1S/C25H24N2O6S/c1-15-7-9-19-18(13-23(28)33-24(19)16(15)2)14-32-25(29)17-8-10-20-21(12-17)34(30,31)26-22-6-4-3-5-11-27(20)22/h7-10,12-13H,3-6,11,14H2,1-2H3. The van der Waals surface area contributed by atoms with E-state index in [1.807, 2.05) is 30.9 Å². The summed E-state index contributed by atoms with van der Waals surface area (Å²) in [5.74, 6) is -0.130. The third-order valence-electron chi connectivity index (χ3n) is 6.46. The average molecular weight is 481 g/mol. The number of anilines is 1. The predicted octanol–water partition coefficient (Wildman–Crippen LogP) is 4.25. The van der Waals surface area contributed by atoms with Gasteiger partial charge in [-0.1, -0.05) is 18.6 Å². The van der Waals surface area contributed by atoms with E-state index in [0.717, 1.165) is 30.4 Å². The summed E-state index contributed by atoms with van der Waals surface area (Å²) < 4.78 is 40.5. The van der Waals surface area contributed by atoms with Gasteiger partial charge >= 0.3 is 11.6 Å². The number of carbonyl (C=O) groups excluding carboxylic acids is 1. The van der Waals surface area contributed by atoms with Crippen molar-refractivity contribution in [3.05, 3.63) is 69.1 Å². The van der Waals surface area contributed by atoms with Crippen LogP contribution in [0.25, 0.3) is 11.0 Å². The molecule has 0 unspecified atom stereocenters. The minimum absolute atomic E-state index is 0.00417. The number of fused-ring (bicyclic) bond motifs is 4. The van der Waals surface area contributed by atoms with Crippen molar-refractivity contribution in [3.63, 3.8) is 0 Å². The van der Waals surface area contributed by atoms with Crippen LogP contribution in [0.4, 0.5) is 5.69 Å². The predicted molar refractivity (Wildman–Crippen MR) is 128 cm³/mol. The molecule has 8 nitrogen and oxygen atoms in total. The van der Waals surface area contributed by atoms with Crippen LogP contribution in [0, 0.1) is 13.8 Å². The Morgan fingerprint density at radius 2 is 1.94 bits per heavy atom. The van der Waals surface area contributed by atoms with Crippen LogP contribution in [-0.4, -0.2) is 26.8 Å². The van der Waals surface area contributed by atoms with Gasteiger partial charge in [0.15, 0.2) is 0 Å². The van der Waals surface area contributed by atoms with Crippen LogP contribution in [0.1, 0.15) is 52.7 Å². The Morgan fingerprint density at radius 3 is 2.76 bits per heavy atom. The number of sulfonamides is 1. The molecule has 0 amide bonds. The van der Waals surface area contributed by atoms with Crippen molar-refractivity contribution in [3.8, 4) is 0 Å². The molecule has 1 aromatic heterocycles. The fourth-order valence-corrected chi connectivity index (χ4v) is 5.76. The largest absolute Gasteiger partial charge is 0.457 e. The summed E-state index contributed by atoms with van der Waals surface area (Å²) in [6, 6.07) is 9.57. The minimum atomic E-state index is -3.91. The molecule has 34 heavy (non-hydrogen) atoms. The molecule has 9 heteroatoms. The maximum Gasteiger partial charge on any atom is 0.338 e. The van der Waals surface area contributed by atoms with Crippen LogP contribution < -0.4 is 10.5 Å². The molecule has 0 bridgehead atoms. The lowest BCUT2D eigenvalue weighted by Crippen LogP contribution is -2.35. The second-order valence-corrected chi connectivity index (χ2v) is 10.3. The van der Waals surface area contributed by atoms with Gasteiger partial charge in [0.05, 0.1) is 11.3 Å². The first-order chi connectivity index (χ1) is 16.2. The molecule has 0 aliphatic carbocycles. The summed E-state index contributed by atoms with van der Waals surface area (Å²) >= 11 is 0. The molecule has 1 saturated heterocycles. The zero-order valence-electron chi connectivity index (χ0n) is 19.0. The average Bonchev–Trinajstić information content (AvgIpc) is 3.04. The molecule has 0 saturated carbocycles. The summed E-state index contributed by atoms with van der Waals surface area (Å²) in [4.78, 5) is 26.8. The highest BCUT2D eigenvalue weighted by atomic mass is 32.2. The summed E-state index contributed by atoms with van der Waals surface area (Å²) in [5.41, 5.74) is 2.93. The second kappa shape index (κ2) is 8.39. The van der Waals surface area contributed by atoms with Crippen molar-refractivity contribution in [1.29, 1.82) is 0 Å². The number of amidine groups is 1. The summed E-state index contributed by atoms with van der Waals surface area (Å²) in [7, 11) is -3.91. The van der Waals surface area contributed by atoms with Gasteiger partial charge in [-0.2, -0.15) is 8.42 Å². The smallest absolute Gasteiger partial charge is 0.338 e. The topological polar surface area (TPSA) is 106 Å². The van der Waals surface area contributed by atoms with Gasteiger partial charge < -0.3 is 14.1 Å². The van der Waals surface area contributed by atoms with Gasteiger partial charge in [-0.3, -0.25) is 0 Å². The zero-order chi connectivity index (χ0) is 24.0. The Morgan fingerprint density at radius 1 is 1.12 bits per heavy atom. The lowest BCUT2D eigenvalue weighted by Gasteiger charge is -2.29. The molecule has 0 spiro atoms. The number of carbonyl (C=O) groups is 1. The van der Waals surface area contributed by atoms with Gasteiger partial charge in [-0.25, -0.2) is 9.59 Å². The molecule has 3 heterocycles. The van der Waals surface area contributed by atoms with Gasteiger partial charge in [0.25, 0.3) is 10.0 Å². The van der Waals surface area contributed by atoms with E-state index in [9.17, 15) is 18.0 Å². The van der Waals surface area contributed by atoms with Gasteiger partial charge in [0.2, 0.25) is 0 Å². The van der Waals surface area contributed by atoms with E-state index in [2.05, 4.69) is 4.40 Å². The molecular formula is C25H24N2O6S. The van der Waals surface area contributed by atoms with Gasteiger partial charge in [0, 0.05) is 30.0 Å². The first-order valence-electron chi connectivity index (χ1n) is 11.2. The van der Waals surface area contributed by atoms with E-state index in [-0.39, 0.29) is 17.1 Å². The lowest BCUT2D eigenvalue weighted by atomic mass is 10.0. The highest BCUT2D eigenvalue weighted by Crippen LogP contribution is 2.35. The van der Waals surface area contributed by atoms with Crippen LogP contribution in [0.2, 0.25) is 0 Å². The van der Waals surface area contributed by atoms with Crippen molar-refractivity contribution >= 4 is 38.5 Å². The zero-order valence-corrected chi connectivity index (χ0v) is 19.8. The van der Waals surface area contributed by atoms with Crippen LogP contribution >= 0.6 is 0 Å². The molecule has 0 atom stereocenters. The quantitative estimate of drug-likeness (QED) is 0.407. The third kappa shape index (κ3) is 3.90. The normalized spacial score (nSPS) is 16.9.